The van der Waals surface area contributed by atoms with Crippen LogP contribution in [0, 0.1) is 0 Å². The van der Waals surface area contributed by atoms with E-state index < -0.39 is 0 Å². The minimum absolute atomic E-state index is 0. The minimum Gasteiger partial charge on any atom is -0.356 e. The molecule has 1 aromatic carbocycles. The number of amides is 1. The molecule has 0 bridgehead atoms. The van der Waals surface area contributed by atoms with E-state index in [1.807, 2.05) is 4.90 Å². The summed E-state index contributed by atoms with van der Waals surface area (Å²) < 4.78 is 0. The van der Waals surface area contributed by atoms with Crippen LogP contribution in [-0.4, -0.2) is 36.9 Å². The Morgan fingerprint density at radius 1 is 1.29 bits per heavy atom. The maximum Gasteiger partial charge on any atom is 0.222 e. The first-order valence-electron chi connectivity index (χ1n) is 9.48. The SMILES string of the molecule is CN=C(NCc1cccc(CN2CCCC2=O)c1)NCC(C)c1ccsc1.I. The van der Waals surface area contributed by atoms with Gasteiger partial charge in [0.05, 0.1) is 0 Å². The van der Waals surface area contributed by atoms with E-state index in [4.69, 9.17) is 0 Å². The molecule has 0 radical (unpaired) electrons. The van der Waals surface area contributed by atoms with Gasteiger partial charge in [0.2, 0.25) is 5.91 Å². The zero-order chi connectivity index (χ0) is 19.1. The molecule has 1 aliphatic heterocycles. The van der Waals surface area contributed by atoms with E-state index in [2.05, 4.69) is 63.6 Å². The normalized spacial score (nSPS) is 15.3. The largest absolute Gasteiger partial charge is 0.356 e. The van der Waals surface area contributed by atoms with E-state index in [0.717, 1.165) is 25.5 Å². The molecule has 3 rings (SSSR count). The third-order valence-corrected chi connectivity index (χ3v) is 5.61. The second-order valence-electron chi connectivity index (χ2n) is 7.00. The van der Waals surface area contributed by atoms with Gasteiger partial charge in [-0.1, -0.05) is 31.2 Å². The predicted octanol–water partition coefficient (Wildman–Crippen LogP) is 3.96. The number of nitrogens with zero attached hydrogens (tertiary/aromatic N) is 2. The average molecular weight is 512 g/mol. The summed E-state index contributed by atoms with van der Waals surface area (Å²) in [6.45, 7) is 5.34. The molecule has 0 spiro atoms. The zero-order valence-electron chi connectivity index (χ0n) is 16.5. The number of rotatable bonds is 7. The van der Waals surface area contributed by atoms with E-state index in [9.17, 15) is 4.79 Å². The van der Waals surface area contributed by atoms with Crippen LogP contribution in [-0.2, 0) is 17.9 Å². The van der Waals surface area contributed by atoms with Gasteiger partial charge in [-0.25, -0.2) is 0 Å². The van der Waals surface area contributed by atoms with Crippen molar-refractivity contribution in [1.82, 2.24) is 15.5 Å². The molecule has 1 fully saturated rings. The van der Waals surface area contributed by atoms with Gasteiger partial charge in [0.25, 0.3) is 0 Å². The Morgan fingerprint density at radius 2 is 2.11 bits per heavy atom. The van der Waals surface area contributed by atoms with Gasteiger partial charge in [-0.3, -0.25) is 9.79 Å². The highest BCUT2D eigenvalue weighted by Crippen LogP contribution is 2.17. The second-order valence-corrected chi connectivity index (χ2v) is 7.78. The lowest BCUT2D eigenvalue weighted by molar-refractivity contribution is -0.128. The van der Waals surface area contributed by atoms with E-state index in [1.165, 1.54) is 16.7 Å². The van der Waals surface area contributed by atoms with Crippen LogP contribution in [0.3, 0.4) is 0 Å². The van der Waals surface area contributed by atoms with Crippen LogP contribution in [0.4, 0.5) is 0 Å². The summed E-state index contributed by atoms with van der Waals surface area (Å²) >= 11 is 1.73. The quantitative estimate of drug-likeness (QED) is 0.336. The summed E-state index contributed by atoms with van der Waals surface area (Å²) in [5, 5.41) is 11.1. The highest BCUT2D eigenvalue weighted by molar-refractivity contribution is 14.0. The first-order chi connectivity index (χ1) is 13.2. The number of guanidine groups is 1. The second kappa shape index (κ2) is 11.4. The van der Waals surface area contributed by atoms with Crippen molar-refractivity contribution in [3.8, 4) is 0 Å². The number of carbonyl (C=O) groups excluding carboxylic acids is 1. The number of thiophene rings is 1. The number of carbonyl (C=O) groups is 1. The summed E-state index contributed by atoms with van der Waals surface area (Å²) in [5.74, 6) is 1.51. The lowest BCUT2D eigenvalue weighted by atomic mass is 10.1. The first-order valence-corrected chi connectivity index (χ1v) is 10.4. The molecule has 152 valence electrons. The molecule has 1 amide bonds. The summed E-state index contributed by atoms with van der Waals surface area (Å²) in [7, 11) is 1.79. The monoisotopic (exact) mass is 512 g/mol. The fourth-order valence-electron chi connectivity index (χ4n) is 3.26. The first kappa shape index (κ1) is 22.7. The van der Waals surface area contributed by atoms with Gasteiger partial charge in [0.15, 0.2) is 5.96 Å². The number of benzene rings is 1. The molecule has 1 atom stereocenters. The molecule has 2 aromatic rings. The number of likely N-dealkylation sites (tertiary alicyclic amines) is 1. The van der Waals surface area contributed by atoms with E-state index in [0.29, 0.717) is 25.4 Å². The summed E-state index contributed by atoms with van der Waals surface area (Å²) in [6.07, 6.45) is 1.67. The molecule has 1 aromatic heterocycles. The Kier molecular flexibility index (Phi) is 9.24. The number of hydrogen-bond donors (Lipinski definition) is 2. The molecule has 1 aliphatic rings. The highest BCUT2D eigenvalue weighted by Gasteiger charge is 2.19. The molecular formula is C21H29IN4OS. The van der Waals surface area contributed by atoms with Crippen molar-refractivity contribution in [2.45, 2.75) is 38.8 Å². The van der Waals surface area contributed by atoms with E-state index in [-0.39, 0.29) is 29.9 Å². The number of halogens is 1. The van der Waals surface area contributed by atoms with Crippen molar-refractivity contribution in [2.75, 3.05) is 20.1 Å². The maximum atomic E-state index is 11.8. The van der Waals surface area contributed by atoms with E-state index in [1.54, 1.807) is 18.4 Å². The third-order valence-electron chi connectivity index (χ3n) is 4.91. The molecule has 5 nitrogen and oxygen atoms in total. The molecule has 1 unspecified atom stereocenters. The van der Waals surface area contributed by atoms with Crippen molar-refractivity contribution >= 4 is 47.2 Å². The van der Waals surface area contributed by atoms with Crippen molar-refractivity contribution < 1.29 is 4.79 Å². The minimum atomic E-state index is 0. The lowest BCUT2D eigenvalue weighted by Crippen LogP contribution is -2.38. The van der Waals surface area contributed by atoms with Gasteiger partial charge >= 0.3 is 0 Å². The molecule has 0 saturated carbocycles. The Balaban J connectivity index is 0.00000280. The van der Waals surface area contributed by atoms with Crippen molar-refractivity contribution in [2.24, 2.45) is 4.99 Å². The van der Waals surface area contributed by atoms with Gasteiger partial charge in [0.1, 0.15) is 0 Å². The highest BCUT2D eigenvalue weighted by atomic mass is 127. The number of hydrogen-bond acceptors (Lipinski definition) is 3. The van der Waals surface area contributed by atoms with Gasteiger partial charge in [-0.2, -0.15) is 11.3 Å². The number of nitrogens with one attached hydrogen (secondary N) is 2. The number of aliphatic imine (C=N–C) groups is 1. The van der Waals surface area contributed by atoms with Crippen LogP contribution in [0.1, 0.15) is 42.4 Å². The Morgan fingerprint density at radius 3 is 2.79 bits per heavy atom. The van der Waals surface area contributed by atoms with Crippen LogP contribution in [0.2, 0.25) is 0 Å². The fourth-order valence-corrected chi connectivity index (χ4v) is 4.04. The summed E-state index contributed by atoms with van der Waals surface area (Å²) in [6, 6.07) is 10.6. The molecule has 2 heterocycles. The van der Waals surface area contributed by atoms with Crippen LogP contribution >= 0.6 is 35.3 Å². The van der Waals surface area contributed by atoms with Gasteiger partial charge in [-0.05, 0) is 45.9 Å². The standard InChI is InChI=1S/C21H28N4OS.HI/c1-16(19-8-10-27-15-19)12-23-21(22-2)24-13-17-5-3-6-18(11-17)14-25-9-4-7-20(25)26;/h3,5-6,8,10-11,15-16H,4,7,9,12-14H2,1-2H3,(H2,22,23,24);1H. The van der Waals surface area contributed by atoms with Crippen LogP contribution in [0.15, 0.2) is 46.1 Å². The molecular weight excluding hydrogens is 483 g/mol. The molecule has 2 N–H and O–H groups in total. The van der Waals surface area contributed by atoms with E-state index >= 15 is 0 Å². The van der Waals surface area contributed by atoms with Gasteiger partial charge in [-0.15, -0.1) is 24.0 Å². The zero-order valence-corrected chi connectivity index (χ0v) is 19.6. The average Bonchev–Trinajstić information content (AvgIpc) is 3.35. The topological polar surface area (TPSA) is 56.7 Å². The van der Waals surface area contributed by atoms with Gasteiger partial charge < -0.3 is 15.5 Å². The molecule has 1 saturated heterocycles. The lowest BCUT2D eigenvalue weighted by Gasteiger charge is -2.17. The van der Waals surface area contributed by atoms with Crippen molar-refractivity contribution in [1.29, 1.82) is 0 Å². The van der Waals surface area contributed by atoms with Gasteiger partial charge in [0, 0.05) is 39.6 Å². The summed E-state index contributed by atoms with van der Waals surface area (Å²) in [5.41, 5.74) is 3.72. The summed E-state index contributed by atoms with van der Waals surface area (Å²) in [4.78, 5) is 18.1. The molecule has 0 aliphatic carbocycles. The molecule has 28 heavy (non-hydrogen) atoms. The predicted molar refractivity (Wildman–Crippen MR) is 127 cm³/mol. The van der Waals surface area contributed by atoms with Crippen LogP contribution in [0.5, 0.6) is 0 Å². The van der Waals surface area contributed by atoms with Crippen LogP contribution < -0.4 is 10.6 Å². The maximum absolute atomic E-state index is 11.8. The fraction of sp³-hybridized carbons (Fsp3) is 0.429. The Hall–Kier alpha value is -1.61. The van der Waals surface area contributed by atoms with Crippen LogP contribution in [0.25, 0.3) is 0 Å². The third kappa shape index (κ3) is 6.48. The molecule has 7 heteroatoms. The Bertz CT molecular complexity index is 778. The van der Waals surface area contributed by atoms with Crippen molar-refractivity contribution in [3.63, 3.8) is 0 Å². The smallest absolute Gasteiger partial charge is 0.222 e. The Labute approximate surface area is 188 Å². The van der Waals surface area contributed by atoms with Crippen molar-refractivity contribution in [3.05, 3.63) is 57.8 Å².